The number of hydrogen-bond acceptors (Lipinski definition) is 5. The molecule has 160 valence electrons. The highest BCUT2D eigenvalue weighted by Crippen LogP contribution is 2.40. The molecule has 6 heteroatoms. The first kappa shape index (κ1) is 20.5. The Labute approximate surface area is 178 Å². The van der Waals surface area contributed by atoms with Crippen LogP contribution >= 0.6 is 0 Å². The fraction of sp³-hybridized carbons (Fsp3) is 0.458. The summed E-state index contributed by atoms with van der Waals surface area (Å²) in [6.45, 7) is 3.86. The number of β-amino-alcohol motifs (C(OH)–C–C–N with tert-alkyl or cyclic N) is 1. The molecule has 0 amide bonds. The molecule has 0 aliphatic carbocycles. The van der Waals surface area contributed by atoms with Crippen molar-refractivity contribution in [2.75, 3.05) is 38.8 Å². The smallest absolute Gasteiger partial charge is 0.271 e. The van der Waals surface area contributed by atoms with Crippen LogP contribution in [-0.2, 0) is 5.72 Å². The minimum atomic E-state index is -1.10. The van der Waals surface area contributed by atoms with E-state index in [1.807, 2.05) is 49.4 Å². The van der Waals surface area contributed by atoms with Gasteiger partial charge in [0.1, 0.15) is 11.5 Å². The average molecular weight is 412 g/mol. The SMILES string of the molecule is CCOc1ccc(C2(O)CN(c3ccc(OC)cc3OC)C3=[N+]2CCCCC3)cc1. The van der Waals surface area contributed by atoms with E-state index in [0.29, 0.717) is 13.2 Å². The van der Waals surface area contributed by atoms with Crippen molar-refractivity contribution >= 4 is 11.5 Å². The Balaban J connectivity index is 1.77. The molecule has 2 heterocycles. The summed E-state index contributed by atoms with van der Waals surface area (Å²) in [7, 11) is 3.32. The number of rotatable bonds is 6. The zero-order valence-corrected chi connectivity index (χ0v) is 18.1. The van der Waals surface area contributed by atoms with Crippen LogP contribution in [0.25, 0.3) is 0 Å². The standard InChI is InChI=1S/C24H31N2O4/c1-4-30-19-11-9-18(10-12-19)24(27)17-25(23-8-6-5-7-15-26(23)24)21-14-13-20(28-2)16-22(21)29-3/h9-14,16,27H,4-8,15,17H2,1-3H3/q+1. The van der Waals surface area contributed by atoms with Gasteiger partial charge in [-0.1, -0.05) is 0 Å². The zero-order chi connectivity index (χ0) is 21.1. The monoisotopic (exact) mass is 411 g/mol. The van der Waals surface area contributed by atoms with E-state index in [-0.39, 0.29) is 0 Å². The van der Waals surface area contributed by atoms with Gasteiger partial charge < -0.3 is 19.3 Å². The molecule has 1 unspecified atom stereocenters. The first-order chi connectivity index (χ1) is 14.6. The van der Waals surface area contributed by atoms with Gasteiger partial charge in [-0.25, -0.2) is 9.48 Å². The molecule has 2 aliphatic heterocycles. The molecule has 0 fully saturated rings. The minimum absolute atomic E-state index is 0.443. The van der Waals surface area contributed by atoms with Gasteiger partial charge in [-0.2, -0.15) is 0 Å². The molecule has 0 radical (unpaired) electrons. The summed E-state index contributed by atoms with van der Waals surface area (Å²) in [6, 6.07) is 13.7. The summed E-state index contributed by atoms with van der Waals surface area (Å²) in [5.41, 5.74) is 0.720. The summed E-state index contributed by atoms with van der Waals surface area (Å²) in [5, 5.41) is 12.0. The molecule has 1 N–H and O–H groups in total. The largest absolute Gasteiger partial charge is 0.497 e. The Morgan fingerprint density at radius 3 is 2.47 bits per heavy atom. The van der Waals surface area contributed by atoms with Gasteiger partial charge in [0.25, 0.3) is 11.6 Å². The Morgan fingerprint density at radius 2 is 1.77 bits per heavy atom. The fourth-order valence-electron chi connectivity index (χ4n) is 4.53. The summed E-state index contributed by atoms with van der Waals surface area (Å²) < 4.78 is 18.8. The van der Waals surface area contributed by atoms with Crippen LogP contribution < -0.4 is 19.1 Å². The van der Waals surface area contributed by atoms with Crippen molar-refractivity contribution in [2.24, 2.45) is 0 Å². The van der Waals surface area contributed by atoms with E-state index >= 15 is 0 Å². The lowest BCUT2D eigenvalue weighted by Gasteiger charge is -2.24. The molecule has 0 aromatic heterocycles. The van der Waals surface area contributed by atoms with Crippen molar-refractivity contribution in [3.05, 3.63) is 48.0 Å². The Kier molecular flexibility index (Phi) is 5.86. The van der Waals surface area contributed by atoms with Gasteiger partial charge >= 0.3 is 0 Å². The lowest BCUT2D eigenvalue weighted by molar-refractivity contribution is -0.658. The predicted octanol–water partition coefficient (Wildman–Crippen LogP) is 3.75. The van der Waals surface area contributed by atoms with Crippen molar-refractivity contribution in [1.29, 1.82) is 0 Å². The first-order valence-electron chi connectivity index (χ1n) is 10.7. The molecule has 2 aromatic rings. The third-order valence-corrected chi connectivity index (χ3v) is 6.04. The van der Waals surface area contributed by atoms with Gasteiger partial charge in [0.2, 0.25) is 0 Å². The zero-order valence-electron chi connectivity index (χ0n) is 18.1. The highest BCUT2D eigenvalue weighted by atomic mass is 16.5. The number of hydrogen-bond donors (Lipinski definition) is 1. The van der Waals surface area contributed by atoms with Gasteiger partial charge in [-0.05, 0) is 62.6 Å². The topological polar surface area (TPSA) is 54.2 Å². The second kappa shape index (κ2) is 8.56. The molecule has 0 bridgehead atoms. The number of amidine groups is 1. The molecule has 0 saturated carbocycles. The molecule has 1 atom stereocenters. The number of aliphatic hydroxyl groups is 1. The van der Waals surface area contributed by atoms with Crippen LogP contribution in [0.15, 0.2) is 42.5 Å². The molecule has 2 aliphatic rings. The summed E-state index contributed by atoms with van der Waals surface area (Å²) in [6.07, 6.45) is 4.26. The van der Waals surface area contributed by atoms with Crippen molar-refractivity contribution in [2.45, 2.75) is 38.3 Å². The van der Waals surface area contributed by atoms with Crippen molar-refractivity contribution in [3.8, 4) is 17.2 Å². The predicted molar refractivity (Wildman–Crippen MR) is 117 cm³/mol. The van der Waals surface area contributed by atoms with Crippen LogP contribution in [0, 0.1) is 0 Å². The fourth-order valence-corrected chi connectivity index (χ4v) is 4.53. The van der Waals surface area contributed by atoms with E-state index in [0.717, 1.165) is 66.6 Å². The first-order valence-corrected chi connectivity index (χ1v) is 10.7. The van der Waals surface area contributed by atoms with Gasteiger partial charge in [-0.15, -0.1) is 0 Å². The quantitative estimate of drug-likeness (QED) is 0.734. The molecular formula is C24H31N2O4+. The second-order valence-corrected chi connectivity index (χ2v) is 7.78. The maximum absolute atomic E-state index is 12.0. The van der Waals surface area contributed by atoms with E-state index < -0.39 is 5.72 Å². The van der Waals surface area contributed by atoms with Crippen molar-refractivity contribution in [3.63, 3.8) is 0 Å². The Bertz CT molecular complexity index is 925. The maximum atomic E-state index is 12.0. The van der Waals surface area contributed by atoms with Crippen LogP contribution in [0.1, 0.15) is 38.2 Å². The third kappa shape index (κ3) is 3.60. The van der Waals surface area contributed by atoms with E-state index in [4.69, 9.17) is 14.2 Å². The summed E-state index contributed by atoms with van der Waals surface area (Å²) >= 11 is 0. The van der Waals surface area contributed by atoms with Crippen LogP contribution in [0.4, 0.5) is 5.69 Å². The molecular weight excluding hydrogens is 380 g/mol. The lowest BCUT2D eigenvalue weighted by atomic mass is 10.0. The van der Waals surface area contributed by atoms with Gasteiger partial charge in [0, 0.05) is 18.1 Å². The molecule has 30 heavy (non-hydrogen) atoms. The van der Waals surface area contributed by atoms with Crippen LogP contribution in [0.5, 0.6) is 17.2 Å². The molecule has 0 saturated heterocycles. The number of methoxy groups -OCH3 is 2. The van der Waals surface area contributed by atoms with Crippen molar-refractivity contribution in [1.82, 2.24) is 0 Å². The Morgan fingerprint density at radius 1 is 1.00 bits per heavy atom. The number of ether oxygens (including phenoxy) is 3. The highest BCUT2D eigenvalue weighted by Gasteiger charge is 2.52. The van der Waals surface area contributed by atoms with Gasteiger partial charge in [-0.3, -0.25) is 0 Å². The summed E-state index contributed by atoms with van der Waals surface area (Å²) in [4.78, 5) is 2.21. The van der Waals surface area contributed by atoms with Crippen LogP contribution in [0.2, 0.25) is 0 Å². The third-order valence-electron chi connectivity index (χ3n) is 6.04. The normalized spacial score (nSPS) is 21.3. The molecule has 2 aromatic carbocycles. The van der Waals surface area contributed by atoms with E-state index in [1.54, 1.807) is 14.2 Å². The second-order valence-electron chi connectivity index (χ2n) is 7.78. The number of anilines is 1. The maximum Gasteiger partial charge on any atom is 0.271 e. The lowest BCUT2D eigenvalue weighted by Crippen LogP contribution is -2.41. The van der Waals surface area contributed by atoms with Gasteiger partial charge in [0.15, 0.2) is 18.0 Å². The highest BCUT2D eigenvalue weighted by molar-refractivity contribution is 5.97. The number of benzene rings is 2. The van der Waals surface area contributed by atoms with Crippen LogP contribution in [0.3, 0.4) is 0 Å². The molecule has 6 nitrogen and oxygen atoms in total. The number of nitrogens with zero attached hydrogens (tertiary/aromatic N) is 2. The van der Waals surface area contributed by atoms with Crippen LogP contribution in [-0.4, -0.2) is 49.4 Å². The minimum Gasteiger partial charge on any atom is -0.497 e. The average Bonchev–Trinajstić information content (AvgIpc) is 2.92. The van der Waals surface area contributed by atoms with Gasteiger partial charge in [0.05, 0.1) is 27.4 Å². The summed E-state index contributed by atoms with van der Waals surface area (Å²) in [5.74, 6) is 3.45. The van der Waals surface area contributed by atoms with E-state index in [9.17, 15) is 5.11 Å². The van der Waals surface area contributed by atoms with E-state index in [1.165, 1.54) is 0 Å². The van der Waals surface area contributed by atoms with Crippen molar-refractivity contribution < 1.29 is 23.9 Å². The molecule has 4 rings (SSSR count). The Hall–Kier alpha value is -2.73. The van der Waals surface area contributed by atoms with E-state index in [2.05, 4.69) is 9.48 Å². The molecule has 0 spiro atoms.